The molecule has 138 valence electrons. The summed E-state index contributed by atoms with van der Waals surface area (Å²) in [6, 6.07) is 12.3. The molecule has 1 aromatic heterocycles. The number of halogens is 1. The maximum atomic E-state index is 12.3. The number of amides is 1. The summed E-state index contributed by atoms with van der Waals surface area (Å²) >= 11 is 7.02. The summed E-state index contributed by atoms with van der Waals surface area (Å²) in [5, 5.41) is 11.3. The molecule has 2 heterocycles. The summed E-state index contributed by atoms with van der Waals surface area (Å²) in [4.78, 5) is 12.3. The Morgan fingerprint density at radius 3 is 2.74 bits per heavy atom. The first kappa shape index (κ1) is 17.7. The van der Waals surface area contributed by atoms with E-state index in [1.165, 1.54) is 11.8 Å². The summed E-state index contributed by atoms with van der Waals surface area (Å²) in [5.74, 6) is 1.49. The molecule has 0 spiro atoms. The number of hydrogen-bond donors (Lipinski definition) is 1. The van der Waals surface area contributed by atoms with E-state index in [1.807, 2.05) is 6.07 Å². The smallest absolute Gasteiger partial charge is 0.277 e. The van der Waals surface area contributed by atoms with Gasteiger partial charge in [-0.15, -0.1) is 10.2 Å². The van der Waals surface area contributed by atoms with Crippen LogP contribution in [0.25, 0.3) is 11.5 Å². The van der Waals surface area contributed by atoms with Crippen molar-refractivity contribution >= 4 is 35.0 Å². The summed E-state index contributed by atoms with van der Waals surface area (Å²) in [5.41, 5.74) is 1.39. The van der Waals surface area contributed by atoms with Crippen LogP contribution in [0, 0.1) is 0 Å². The monoisotopic (exact) mass is 403 g/mol. The van der Waals surface area contributed by atoms with Gasteiger partial charge in [-0.25, -0.2) is 0 Å². The van der Waals surface area contributed by atoms with Gasteiger partial charge in [0.1, 0.15) is 0 Å². The van der Waals surface area contributed by atoms with Crippen LogP contribution in [0.2, 0.25) is 5.02 Å². The molecule has 1 N–H and O–H groups in total. The van der Waals surface area contributed by atoms with Gasteiger partial charge in [0.2, 0.25) is 18.6 Å². The number of fused-ring (bicyclic) bond motifs is 1. The first-order valence-electron chi connectivity index (χ1n) is 8.05. The van der Waals surface area contributed by atoms with Crippen molar-refractivity contribution in [3.8, 4) is 23.0 Å². The van der Waals surface area contributed by atoms with Crippen molar-refractivity contribution in [1.29, 1.82) is 0 Å². The lowest BCUT2D eigenvalue weighted by atomic mass is 10.2. The number of nitrogens with one attached hydrogen (secondary N) is 1. The van der Waals surface area contributed by atoms with Gasteiger partial charge < -0.3 is 19.2 Å². The molecule has 7 nitrogen and oxygen atoms in total. The van der Waals surface area contributed by atoms with Crippen LogP contribution in [-0.4, -0.2) is 28.1 Å². The molecule has 1 atom stereocenters. The maximum Gasteiger partial charge on any atom is 0.277 e. The van der Waals surface area contributed by atoms with Crippen LogP contribution in [-0.2, 0) is 4.79 Å². The van der Waals surface area contributed by atoms with Crippen molar-refractivity contribution in [2.24, 2.45) is 0 Å². The lowest BCUT2D eigenvalue weighted by Crippen LogP contribution is -2.22. The zero-order valence-electron chi connectivity index (χ0n) is 14.1. The molecule has 1 aliphatic heterocycles. The summed E-state index contributed by atoms with van der Waals surface area (Å²) in [6.07, 6.45) is 0. The van der Waals surface area contributed by atoms with Crippen LogP contribution >= 0.6 is 23.4 Å². The quantitative estimate of drug-likeness (QED) is 0.637. The van der Waals surface area contributed by atoms with Crippen LogP contribution in [0.4, 0.5) is 5.69 Å². The third-order valence-corrected chi connectivity index (χ3v) is 4.97. The first-order chi connectivity index (χ1) is 13.1. The molecule has 3 aromatic rings. The fraction of sp³-hybridized carbons (Fsp3) is 0.167. The van der Waals surface area contributed by atoms with E-state index in [0.717, 1.165) is 5.56 Å². The zero-order chi connectivity index (χ0) is 18.8. The van der Waals surface area contributed by atoms with Crippen molar-refractivity contribution in [1.82, 2.24) is 10.2 Å². The van der Waals surface area contributed by atoms with E-state index in [4.69, 9.17) is 25.5 Å². The van der Waals surface area contributed by atoms with Gasteiger partial charge in [0, 0.05) is 16.3 Å². The molecular weight excluding hydrogens is 390 g/mol. The van der Waals surface area contributed by atoms with Crippen LogP contribution in [0.1, 0.15) is 6.92 Å². The number of anilines is 1. The maximum absolute atomic E-state index is 12.3. The van der Waals surface area contributed by atoms with Gasteiger partial charge in [-0.3, -0.25) is 4.79 Å². The Morgan fingerprint density at radius 2 is 1.93 bits per heavy atom. The number of carbonyl (C=O) groups is 1. The average molecular weight is 404 g/mol. The lowest BCUT2D eigenvalue weighted by molar-refractivity contribution is -0.115. The van der Waals surface area contributed by atoms with E-state index in [2.05, 4.69) is 15.5 Å². The lowest BCUT2D eigenvalue weighted by Gasteiger charge is -2.09. The molecule has 0 unspecified atom stereocenters. The highest BCUT2D eigenvalue weighted by molar-refractivity contribution is 8.00. The number of benzene rings is 2. The van der Waals surface area contributed by atoms with Crippen molar-refractivity contribution in [2.75, 3.05) is 12.1 Å². The Morgan fingerprint density at radius 1 is 1.15 bits per heavy atom. The van der Waals surface area contributed by atoms with Crippen molar-refractivity contribution < 1.29 is 18.7 Å². The topological polar surface area (TPSA) is 86.5 Å². The second-order valence-electron chi connectivity index (χ2n) is 5.70. The van der Waals surface area contributed by atoms with Gasteiger partial charge in [0.05, 0.1) is 5.25 Å². The van der Waals surface area contributed by atoms with E-state index in [-0.39, 0.29) is 12.7 Å². The Balaban J connectivity index is 1.41. The standard InChI is InChI=1S/C18H14ClN3O4S/c1-10(16(23)20-13-5-3-12(19)4-6-13)27-18-22-21-17(26-18)11-2-7-14-15(8-11)25-9-24-14/h2-8,10H,9H2,1H3,(H,20,23)/t10-/m0/s1. The minimum atomic E-state index is -0.425. The van der Waals surface area contributed by atoms with Crippen LogP contribution < -0.4 is 14.8 Å². The molecule has 0 fully saturated rings. The van der Waals surface area contributed by atoms with Gasteiger partial charge in [-0.2, -0.15) is 0 Å². The average Bonchev–Trinajstić information content (AvgIpc) is 3.32. The van der Waals surface area contributed by atoms with E-state index >= 15 is 0 Å². The Kier molecular flexibility index (Phi) is 4.91. The van der Waals surface area contributed by atoms with Crippen LogP contribution in [0.5, 0.6) is 11.5 Å². The van der Waals surface area contributed by atoms with Crippen LogP contribution in [0.15, 0.2) is 52.1 Å². The Hall–Kier alpha value is -2.71. The SMILES string of the molecule is C[C@H](Sc1nnc(-c2ccc3c(c2)OCO3)o1)C(=O)Nc1ccc(Cl)cc1. The molecule has 9 heteroatoms. The van der Waals surface area contributed by atoms with Gasteiger partial charge in [-0.05, 0) is 49.4 Å². The molecule has 0 bridgehead atoms. The number of carbonyl (C=O) groups excluding carboxylic acids is 1. The number of aromatic nitrogens is 2. The molecule has 4 rings (SSSR count). The molecule has 0 aliphatic carbocycles. The molecule has 0 saturated heterocycles. The fourth-order valence-corrected chi connectivity index (χ4v) is 3.19. The Labute approximate surface area is 164 Å². The number of ether oxygens (including phenoxy) is 2. The number of nitrogens with zero attached hydrogens (tertiary/aromatic N) is 2. The van der Waals surface area contributed by atoms with Crippen molar-refractivity contribution in [2.45, 2.75) is 17.4 Å². The van der Waals surface area contributed by atoms with E-state index < -0.39 is 5.25 Å². The molecule has 0 saturated carbocycles. The van der Waals surface area contributed by atoms with Crippen molar-refractivity contribution in [3.05, 3.63) is 47.5 Å². The van der Waals surface area contributed by atoms with E-state index in [0.29, 0.717) is 33.3 Å². The summed E-state index contributed by atoms with van der Waals surface area (Å²) in [7, 11) is 0. The highest BCUT2D eigenvalue weighted by atomic mass is 35.5. The molecule has 1 amide bonds. The minimum Gasteiger partial charge on any atom is -0.454 e. The molecule has 1 aliphatic rings. The van der Waals surface area contributed by atoms with E-state index in [1.54, 1.807) is 43.3 Å². The van der Waals surface area contributed by atoms with Gasteiger partial charge in [0.15, 0.2) is 11.5 Å². The number of thioether (sulfide) groups is 1. The number of hydrogen-bond acceptors (Lipinski definition) is 7. The minimum absolute atomic E-state index is 0.176. The second kappa shape index (κ2) is 7.50. The van der Waals surface area contributed by atoms with Gasteiger partial charge in [-0.1, -0.05) is 23.4 Å². The highest BCUT2D eigenvalue weighted by Crippen LogP contribution is 2.36. The summed E-state index contributed by atoms with van der Waals surface area (Å²) in [6.45, 7) is 1.96. The molecule has 27 heavy (non-hydrogen) atoms. The highest BCUT2D eigenvalue weighted by Gasteiger charge is 2.20. The molecule has 2 aromatic carbocycles. The third kappa shape index (κ3) is 4.01. The first-order valence-corrected chi connectivity index (χ1v) is 9.31. The molecule has 0 radical (unpaired) electrons. The normalized spacial score (nSPS) is 13.4. The van der Waals surface area contributed by atoms with Gasteiger partial charge >= 0.3 is 0 Å². The van der Waals surface area contributed by atoms with Crippen LogP contribution in [0.3, 0.4) is 0 Å². The second-order valence-corrected chi connectivity index (χ2v) is 7.43. The zero-order valence-corrected chi connectivity index (χ0v) is 15.7. The predicted octanol–water partition coefficient (Wildman–Crippen LogP) is 4.24. The Bertz CT molecular complexity index is 977. The largest absolute Gasteiger partial charge is 0.454 e. The van der Waals surface area contributed by atoms with E-state index in [9.17, 15) is 4.79 Å². The predicted molar refractivity (Wildman–Crippen MR) is 101 cm³/mol. The third-order valence-electron chi connectivity index (χ3n) is 3.78. The summed E-state index contributed by atoms with van der Waals surface area (Å²) < 4.78 is 16.3. The molecular formula is C18H14ClN3O4S. The van der Waals surface area contributed by atoms with Crippen molar-refractivity contribution in [3.63, 3.8) is 0 Å². The number of rotatable bonds is 5. The van der Waals surface area contributed by atoms with Gasteiger partial charge in [0.25, 0.3) is 5.22 Å². The fourth-order valence-electron chi connectivity index (χ4n) is 2.39.